The number of hydrogen-bond donors (Lipinski definition) is 1. The van der Waals surface area contributed by atoms with Crippen molar-refractivity contribution in [2.45, 2.75) is 84.9 Å². The highest BCUT2D eigenvalue weighted by Gasteiger charge is 2.41. The van der Waals surface area contributed by atoms with Crippen LogP contribution in [0.4, 0.5) is 0 Å². The van der Waals surface area contributed by atoms with E-state index in [1.807, 2.05) is 26.8 Å². The van der Waals surface area contributed by atoms with Gasteiger partial charge in [0.25, 0.3) is 0 Å². The predicted octanol–water partition coefficient (Wildman–Crippen LogP) is 5.18. The topological polar surface area (TPSA) is 38.7 Å². The second kappa shape index (κ2) is 9.32. The minimum atomic E-state index is -1.95. The lowest BCUT2D eigenvalue weighted by molar-refractivity contribution is 0.00566. The van der Waals surface area contributed by atoms with E-state index < -0.39 is 14.4 Å². The molecule has 0 aliphatic carbocycles. The predicted molar refractivity (Wildman–Crippen MR) is 107 cm³/mol. The Bertz CT molecular complexity index is 421. The summed E-state index contributed by atoms with van der Waals surface area (Å²) in [5, 5.41) is 10.4. The van der Waals surface area contributed by atoms with Crippen LogP contribution in [0.15, 0.2) is 24.3 Å². The smallest absolute Gasteiger partial charge is 0.192 e. The van der Waals surface area contributed by atoms with E-state index in [9.17, 15) is 5.11 Å². The molecule has 0 heterocycles. The largest absolute Gasteiger partial charge is 0.410 e. The van der Waals surface area contributed by atoms with Gasteiger partial charge < -0.3 is 14.3 Å². The zero-order chi connectivity index (χ0) is 19.3. The van der Waals surface area contributed by atoms with Crippen LogP contribution in [0.25, 0.3) is 0 Å². The first-order valence-corrected chi connectivity index (χ1v) is 11.9. The van der Waals surface area contributed by atoms with Crippen molar-refractivity contribution in [1.29, 1.82) is 0 Å². The maximum atomic E-state index is 10.3. The molecule has 0 rings (SSSR count). The summed E-state index contributed by atoms with van der Waals surface area (Å²) in [7, 11) is -0.251. The SMILES string of the molecule is C=C[C@H](OC)[C@@H](O[Si](C)(C)C(C)(C)C)C(C)/C=C(/C)[C@@H](O)C(C)C. The van der Waals surface area contributed by atoms with E-state index in [4.69, 9.17) is 9.16 Å². The fraction of sp³-hybridized carbons (Fsp3) is 0.800. The molecule has 0 aromatic carbocycles. The molecular weight excluding hydrogens is 316 g/mol. The molecule has 24 heavy (non-hydrogen) atoms. The van der Waals surface area contributed by atoms with Crippen LogP contribution in [-0.2, 0) is 9.16 Å². The van der Waals surface area contributed by atoms with Crippen molar-refractivity contribution < 1.29 is 14.3 Å². The van der Waals surface area contributed by atoms with E-state index >= 15 is 0 Å². The molecule has 0 saturated heterocycles. The Balaban J connectivity index is 5.58. The van der Waals surface area contributed by atoms with Crippen molar-refractivity contribution in [1.82, 2.24) is 0 Å². The number of aliphatic hydroxyl groups excluding tert-OH is 1. The van der Waals surface area contributed by atoms with Crippen molar-refractivity contribution >= 4 is 8.32 Å². The molecule has 0 saturated carbocycles. The average molecular weight is 357 g/mol. The van der Waals surface area contributed by atoms with Gasteiger partial charge in [0.2, 0.25) is 0 Å². The van der Waals surface area contributed by atoms with Gasteiger partial charge in [0, 0.05) is 13.0 Å². The highest BCUT2D eigenvalue weighted by molar-refractivity contribution is 6.74. The third kappa shape index (κ3) is 6.47. The monoisotopic (exact) mass is 356 g/mol. The number of rotatable bonds is 9. The number of methoxy groups -OCH3 is 1. The Labute approximate surface area is 151 Å². The fourth-order valence-corrected chi connectivity index (χ4v) is 3.87. The van der Waals surface area contributed by atoms with Crippen molar-refractivity contribution in [2.75, 3.05) is 7.11 Å². The van der Waals surface area contributed by atoms with E-state index in [0.717, 1.165) is 5.57 Å². The summed E-state index contributed by atoms with van der Waals surface area (Å²) in [5.41, 5.74) is 0.986. The molecule has 3 nitrogen and oxygen atoms in total. The number of aliphatic hydroxyl groups is 1. The van der Waals surface area contributed by atoms with E-state index in [2.05, 4.69) is 53.4 Å². The van der Waals surface area contributed by atoms with Crippen LogP contribution in [0.1, 0.15) is 48.5 Å². The van der Waals surface area contributed by atoms with E-state index in [1.165, 1.54) is 0 Å². The van der Waals surface area contributed by atoms with Crippen molar-refractivity contribution in [2.24, 2.45) is 11.8 Å². The van der Waals surface area contributed by atoms with E-state index in [-0.39, 0.29) is 29.1 Å². The molecule has 1 N–H and O–H groups in total. The van der Waals surface area contributed by atoms with Gasteiger partial charge in [0.05, 0.1) is 12.2 Å². The molecule has 0 amide bonds. The van der Waals surface area contributed by atoms with Crippen LogP contribution in [0.2, 0.25) is 18.1 Å². The van der Waals surface area contributed by atoms with Gasteiger partial charge in [0.1, 0.15) is 6.10 Å². The highest BCUT2D eigenvalue weighted by Crippen LogP contribution is 2.39. The second-order valence-corrected chi connectivity index (χ2v) is 13.5. The second-order valence-electron chi connectivity index (χ2n) is 8.74. The van der Waals surface area contributed by atoms with Gasteiger partial charge in [-0.05, 0) is 36.5 Å². The average Bonchev–Trinajstić information content (AvgIpc) is 2.44. The van der Waals surface area contributed by atoms with Gasteiger partial charge in [-0.3, -0.25) is 0 Å². The van der Waals surface area contributed by atoms with Crippen LogP contribution in [0.3, 0.4) is 0 Å². The molecule has 0 radical (unpaired) electrons. The minimum absolute atomic E-state index is 0.109. The van der Waals surface area contributed by atoms with Crippen molar-refractivity contribution in [3.63, 3.8) is 0 Å². The third-order valence-electron chi connectivity index (χ3n) is 5.21. The molecule has 0 fully saturated rings. The maximum Gasteiger partial charge on any atom is 0.192 e. The molecular formula is C20H40O3Si. The van der Waals surface area contributed by atoms with Gasteiger partial charge in [-0.1, -0.05) is 53.7 Å². The summed E-state index contributed by atoms with van der Waals surface area (Å²) in [4.78, 5) is 0. The van der Waals surface area contributed by atoms with Crippen molar-refractivity contribution in [3.8, 4) is 0 Å². The lowest BCUT2D eigenvalue weighted by atomic mass is 9.93. The standard InChI is InChI=1S/C20H40O3Si/c1-12-17(22-9)19(23-24(10,11)20(6,7)8)16(5)13-15(4)18(21)14(2)3/h12-14,16-19,21H,1H2,2-11H3/b15-13-/t16?,17-,18-,19-/m0/s1. The van der Waals surface area contributed by atoms with Gasteiger partial charge >= 0.3 is 0 Å². The minimum Gasteiger partial charge on any atom is -0.410 e. The Hall–Kier alpha value is -0.423. The lowest BCUT2D eigenvalue weighted by Crippen LogP contribution is -2.49. The molecule has 0 spiro atoms. The first-order valence-electron chi connectivity index (χ1n) is 8.98. The molecule has 0 aromatic rings. The summed E-state index contributed by atoms with van der Waals surface area (Å²) in [6, 6.07) is 0. The zero-order valence-corrected chi connectivity index (χ0v) is 18.5. The Morgan fingerprint density at radius 1 is 1.17 bits per heavy atom. The maximum absolute atomic E-state index is 10.3. The summed E-state index contributed by atoms with van der Waals surface area (Å²) >= 11 is 0. The summed E-state index contributed by atoms with van der Waals surface area (Å²) in [6.45, 7) is 23.3. The summed E-state index contributed by atoms with van der Waals surface area (Å²) in [6.07, 6.45) is 3.23. The number of ether oxygens (including phenoxy) is 1. The molecule has 1 unspecified atom stereocenters. The fourth-order valence-electron chi connectivity index (χ4n) is 2.49. The van der Waals surface area contributed by atoms with Gasteiger partial charge in [0.15, 0.2) is 8.32 Å². The third-order valence-corrected chi connectivity index (χ3v) is 9.68. The van der Waals surface area contributed by atoms with E-state index in [0.29, 0.717) is 0 Å². The molecule has 4 atom stereocenters. The van der Waals surface area contributed by atoms with Crippen LogP contribution in [0.5, 0.6) is 0 Å². The van der Waals surface area contributed by atoms with Gasteiger partial charge in [-0.25, -0.2) is 0 Å². The molecule has 0 aliphatic heterocycles. The van der Waals surface area contributed by atoms with Crippen LogP contribution in [0, 0.1) is 11.8 Å². The first-order chi connectivity index (χ1) is 10.8. The quantitative estimate of drug-likeness (QED) is 0.457. The molecule has 0 aliphatic rings. The Kier molecular flexibility index (Phi) is 9.16. The first kappa shape index (κ1) is 23.6. The summed E-state index contributed by atoms with van der Waals surface area (Å²) in [5.74, 6) is 0.321. The Morgan fingerprint density at radius 2 is 1.67 bits per heavy atom. The number of hydrogen-bond acceptors (Lipinski definition) is 3. The molecule has 4 heteroatoms. The molecule has 142 valence electrons. The molecule has 0 aromatic heterocycles. The van der Waals surface area contributed by atoms with Crippen LogP contribution < -0.4 is 0 Å². The van der Waals surface area contributed by atoms with E-state index in [1.54, 1.807) is 7.11 Å². The van der Waals surface area contributed by atoms with Crippen LogP contribution in [-0.4, -0.2) is 38.8 Å². The normalized spacial score (nSPS) is 19.1. The van der Waals surface area contributed by atoms with Crippen molar-refractivity contribution in [3.05, 3.63) is 24.3 Å². The Morgan fingerprint density at radius 3 is 2.00 bits per heavy atom. The summed E-state index contributed by atoms with van der Waals surface area (Å²) < 4.78 is 12.3. The lowest BCUT2D eigenvalue weighted by Gasteiger charge is -2.42. The zero-order valence-electron chi connectivity index (χ0n) is 17.5. The molecule has 0 bridgehead atoms. The van der Waals surface area contributed by atoms with Crippen LogP contribution >= 0.6 is 0 Å². The van der Waals surface area contributed by atoms with Gasteiger partial charge in [-0.2, -0.15) is 0 Å². The van der Waals surface area contributed by atoms with Gasteiger partial charge in [-0.15, -0.1) is 6.58 Å². The highest BCUT2D eigenvalue weighted by atomic mass is 28.4.